The fourth-order valence-electron chi connectivity index (χ4n) is 1.06. The molecule has 0 bridgehead atoms. The third kappa shape index (κ3) is 5.16. The number of amides is 1. The molecule has 4 nitrogen and oxygen atoms in total. The van der Waals surface area contributed by atoms with Crippen LogP contribution in [0.2, 0.25) is 10.0 Å². The Morgan fingerprint density at radius 1 is 1.28 bits per heavy atom. The summed E-state index contributed by atoms with van der Waals surface area (Å²) in [4.78, 5) is 22.3. The number of methoxy groups -OCH3 is 1. The number of hydrogen-bond acceptors (Lipinski definition) is 4. The molecule has 98 valence electrons. The van der Waals surface area contributed by atoms with Gasteiger partial charge in [-0.15, -0.1) is 11.8 Å². The first-order chi connectivity index (χ1) is 8.52. The molecule has 0 saturated heterocycles. The van der Waals surface area contributed by atoms with Crippen LogP contribution in [0, 0.1) is 0 Å². The van der Waals surface area contributed by atoms with Gasteiger partial charge in [-0.3, -0.25) is 9.59 Å². The molecule has 1 amide bonds. The first-order valence-electron chi connectivity index (χ1n) is 4.92. The zero-order chi connectivity index (χ0) is 13.5. The van der Waals surface area contributed by atoms with Crippen molar-refractivity contribution in [1.82, 2.24) is 0 Å². The zero-order valence-electron chi connectivity index (χ0n) is 9.54. The molecule has 7 heteroatoms. The SMILES string of the molecule is COC(=O)CSCC(=O)Nc1ccc(Cl)c(Cl)c1. The lowest BCUT2D eigenvalue weighted by molar-refractivity contribution is -0.137. The Bertz CT molecular complexity index is 454. The van der Waals surface area contributed by atoms with E-state index in [2.05, 4.69) is 10.1 Å². The Morgan fingerprint density at radius 2 is 2.00 bits per heavy atom. The van der Waals surface area contributed by atoms with Crippen molar-refractivity contribution in [3.05, 3.63) is 28.2 Å². The number of anilines is 1. The number of benzene rings is 1. The summed E-state index contributed by atoms with van der Waals surface area (Å²) in [5, 5.41) is 3.44. The van der Waals surface area contributed by atoms with Gasteiger partial charge in [0, 0.05) is 5.69 Å². The van der Waals surface area contributed by atoms with Gasteiger partial charge in [-0.05, 0) is 18.2 Å². The molecule has 0 spiro atoms. The van der Waals surface area contributed by atoms with Crippen LogP contribution in [0.15, 0.2) is 18.2 Å². The fourth-order valence-corrected chi connectivity index (χ4v) is 2.00. The van der Waals surface area contributed by atoms with Gasteiger partial charge in [0.2, 0.25) is 5.91 Å². The third-order valence-corrected chi connectivity index (χ3v) is 3.53. The van der Waals surface area contributed by atoms with Crippen LogP contribution < -0.4 is 5.32 Å². The minimum Gasteiger partial charge on any atom is -0.468 e. The fraction of sp³-hybridized carbons (Fsp3) is 0.273. The Labute approximate surface area is 119 Å². The second kappa shape index (κ2) is 7.51. The number of halogens is 2. The second-order valence-electron chi connectivity index (χ2n) is 3.25. The van der Waals surface area contributed by atoms with Gasteiger partial charge in [-0.25, -0.2) is 0 Å². The van der Waals surface area contributed by atoms with Gasteiger partial charge in [-0.2, -0.15) is 0 Å². The lowest BCUT2D eigenvalue weighted by atomic mass is 10.3. The van der Waals surface area contributed by atoms with Gasteiger partial charge in [0.25, 0.3) is 0 Å². The molecule has 0 aromatic heterocycles. The van der Waals surface area contributed by atoms with Crippen molar-refractivity contribution in [2.75, 3.05) is 23.9 Å². The Balaban J connectivity index is 2.40. The van der Waals surface area contributed by atoms with E-state index >= 15 is 0 Å². The Morgan fingerprint density at radius 3 is 2.61 bits per heavy atom. The number of hydrogen-bond donors (Lipinski definition) is 1. The number of rotatable bonds is 5. The Hall–Kier alpha value is -0.910. The minimum absolute atomic E-state index is 0.144. The molecule has 0 unspecified atom stereocenters. The van der Waals surface area contributed by atoms with E-state index in [1.165, 1.54) is 18.9 Å². The van der Waals surface area contributed by atoms with Gasteiger partial charge in [0.15, 0.2) is 0 Å². The van der Waals surface area contributed by atoms with Crippen molar-refractivity contribution in [2.24, 2.45) is 0 Å². The van der Waals surface area contributed by atoms with E-state index in [-0.39, 0.29) is 23.4 Å². The standard InChI is InChI=1S/C11H11Cl2NO3S/c1-17-11(16)6-18-5-10(15)14-7-2-3-8(12)9(13)4-7/h2-4H,5-6H2,1H3,(H,14,15). The quantitative estimate of drug-likeness (QED) is 0.850. The molecular weight excluding hydrogens is 297 g/mol. The molecule has 1 rings (SSSR count). The molecule has 0 aliphatic carbocycles. The smallest absolute Gasteiger partial charge is 0.315 e. The minimum atomic E-state index is -0.359. The van der Waals surface area contributed by atoms with E-state index in [4.69, 9.17) is 23.2 Å². The van der Waals surface area contributed by atoms with Gasteiger partial charge >= 0.3 is 5.97 Å². The molecule has 0 atom stereocenters. The average Bonchev–Trinajstić information content (AvgIpc) is 2.33. The van der Waals surface area contributed by atoms with Crippen LogP contribution in [0.5, 0.6) is 0 Å². The summed E-state index contributed by atoms with van der Waals surface area (Å²) in [6, 6.07) is 4.81. The van der Waals surface area contributed by atoms with Crippen LogP contribution in [-0.2, 0) is 14.3 Å². The number of nitrogens with one attached hydrogen (secondary N) is 1. The zero-order valence-corrected chi connectivity index (χ0v) is 11.9. The summed E-state index contributed by atoms with van der Waals surface area (Å²) in [5.41, 5.74) is 0.563. The highest BCUT2D eigenvalue weighted by Crippen LogP contribution is 2.25. The maximum Gasteiger partial charge on any atom is 0.315 e. The van der Waals surface area contributed by atoms with E-state index < -0.39 is 0 Å². The second-order valence-corrected chi connectivity index (χ2v) is 5.05. The molecule has 0 aliphatic rings. The average molecular weight is 308 g/mol. The molecule has 0 heterocycles. The van der Waals surface area contributed by atoms with Gasteiger partial charge in [0.05, 0.1) is 28.7 Å². The van der Waals surface area contributed by atoms with Crippen LogP contribution in [0.25, 0.3) is 0 Å². The molecule has 1 aromatic carbocycles. The maximum absolute atomic E-state index is 11.5. The van der Waals surface area contributed by atoms with Crippen molar-refractivity contribution < 1.29 is 14.3 Å². The van der Waals surface area contributed by atoms with Crippen LogP contribution in [0.1, 0.15) is 0 Å². The van der Waals surface area contributed by atoms with Crippen molar-refractivity contribution in [1.29, 1.82) is 0 Å². The number of ether oxygens (including phenoxy) is 1. The highest BCUT2D eigenvalue weighted by Gasteiger charge is 2.07. The van der Waals surface area contributed by atoms with Crippen LogP contribution in [-0.4, -0.2) is 30.5 Å². The molecule has 1 aromatic rings. The molecule has 1 N–H and O–H groups in total. The van der Waals surface area contributed by atoms with E-state index in [9.17, 15) is 9.59 Å². The van der Waals surface area contributed by atoms with Crippen molar-refractivity contribution in [3.63, 3.8) is 0 Å². The largest absolute Gasteiger partial charge is 0.468 e. The summed E-state index contributed by atoms with van der Waals surface area (Å²) in [6.45, 7) is 0. The number of carbonyl (C=O) groups is 2. The lowest BCUT2D eigenvalue weighted by Gasteiger charge is -2.05. The van der Waals surface area contributed by atoms with E-state index in [0.29, 0.717) is 15.7 Å². The predicted molar refractivity (Wildman–Crippen MR) is 74.4 cm³/mol. The van der Waals surface area contributed by atoms with Crippen molar-refractivity contribution in [2.45, 2.75) is 0 Å². The highest BCUT2D eigenvalue weighted by atomic mass is 35.5. The van der Waals surface area contributed by atoms with E-state index in [1.54, 1.807) is 18.2 Å². The summed E-state index contributed by atoms with van der Waals surface area (Å²) in [6.07, 6.45) is 0. The highest BCUT2D eigenvalue weighted by molar-refractivity contribution is 8.00. The van der Waals surface area contributed by atoms with Crippen LogP contribution in [0.3, 0.4) is 0 Å². The Kier molecular flexibility index (Phi) is 6.32. The van der Waals surface area contributed by atoms with E-state index in [0.717, 1.165) is 0 Å². The van der Waals surface area contributed by atoms with Gasteiger partial charge in [-0.1, -0.05) is 23.2 Å². The molecule has 0 saturated carbocycles. The molecular formula is C11H11Cl2NO3S. The predicted octanol–water partition coefficient (Wildman–Crippen LogP) is 2.84. The van der Waals surface area contributed by atoms with Gasteiger partial charge in [0.1, 0.15) is 0 Å². The molecule has 0 aliphatic heterocycles. The molecule has 18 heavy (non-hydrogen) atoms. The van der Waals surface area contributed by atoms with Gasteiger partial charge < -0.3 is 10.1 Å². The maximum atomic E-state index is 11.5. The number of thioether (sulfide) groups is 1. The lowest BCUT2D eigenvalue weighted by Crippen LogP contribution is -2.15. The summed E-state index contributed by atoms with van der Waals surface area (Å²) < 4.78 is 4.46. The molecule has 0 radical (unpaired) electrons. The summed E-state index contributed by atoms with van der Waals surface area (Å²) in [5.74, 6) is -0.273. The van der Waals surface area contributed by atoms with Crippen LogP contribution in [0.4, 0.5) is 5.69 Å². The monoisotopic (exact) mass is 307 g/mol. The first-order valence-corrected chi connectivity index (χ1v) is 6.83. The summed E-state index contributed by atoms with van der Waals surface area (Å²) >= 11 is 12.7. The van der Waals surface area contributed by atoms with E-state index in [1.807, 2.05) is 0 Å². The molecule has 0 fully saturated rings. The summed E-state index contributed by atoms with van der Waals surface area (Å²) in [7, 11) is 1.30. The van der Waals surface area contributed by atoms with Crippen molar-refractivity contribution >= 4 is 52.5 Å². The topological polar surface area (TPSA) is 55.4 Å². The number of esters is 1. The van der Waals surface area contributed by atoms with Crippen molar-refractivity contribution in [3.8, 4) is 0 Å². The third-order valence-electron chi connectivity index (χ3n) is 1.88. The normalized spacial score (nSPS) is 9.94. The first kappa shape index (κ1) is 15.1. The van der Waals surface area contributed by atoms with Crippen LogP contribution >= 0.6 is 35.0 Å². The number of carbonyl (C=O) groups excluding carboxylic acids is 2.